The zero-order valence-electron chi connectivity index (χ0n) is 12.0. The van der Waals surface area contributed by atoms with Gasteiger partial charge in [-0.1, -0.05) is 26.2 Å². The van der Waals surface area contributed by atoms with Crippen molar-refractivity contribution in [1.29, 1.82) is 0 Å². The minimum absolute atomic E-state index is 0.0384. The molecular weight excluding hydrogens is 254 g/mol. The number of nitrogens with two attached hydrogens (primary N) is 1. The summed E-state index contributed by atoms with van der Waals surface area (Å²) in [4.78, 5) is 10.2. The van der Waals surface area contributed by atoms with Gasteiger partial charge in [0, 0.05) is 18.7 Å². The number of benzene rings is 1. The first-order valence-corrected chi connectivity index (χ1v) is 7.38. The van der Waals surface area contributed by atoms with Crippen molar-refractivity contribution in [2.24, 2.45) is 11.8 Å². The SMILES string of the molecule is CCC1CCC(CNc2ccc([N+](=O)[O-])cc2N)CC1. The fourth-order valence-corrected chi connectivity index (χ4v) is 2.92. The van der Waals surface area contributed by atoms with Gasteiger partial charge in [-0.15, -0.1) is 0 Å². The lowest BCUT2D eigenvalue weighted by Gasteiger charge is -2.28. The molecule has 1 aromatic rings. The normalized spacial score (nSPS) is 22.4. The minimum atomic E-state index is -0.424. The summed E-state index contributed by atoms with van der Waals surface area (Å²) in [7, 11) is 0. The quantitative estimate of drug-likeness (QED) is 0.487. The second-order valence-corrected chi connectivity index (χ2v) is 5.70. The lowest BCUT2D eigenvalue weighted by molar-refractivity contribution is -0.384. The van der Waals surface area contributed by atoms with Crippen LogP contribution in [0, 0.1) is 22.0 Å². The fraction of sp³-hybridized carbons (Fsp3) is 0.600. The van der Waals surface area contributed by atoms with Crippen molar-refractivity contribution in [2.75, 3.05) is 17.6 Å². The van der Waals surface area contributed by atoms with Crippen molar-refractivity contribution in [3.05, 3.63) is 28.3 Å². The largest absolute Gasteiger partial charge is 0.397 e. The van der Waals surface area contributed by atoms with Gasteiger partial charge in [0.1, 0.15) is 0 Å². The average Bonchev–Trinajstić information content (AvgIpc) is 2.46. The maximum absolute atomic E-state index is 10.7. The Bertz CT molecular complexity index is 468. The molecule has 0 amide bonds. The molecule has 0 bridgehead atoms. The molecule has 0 aromatic heterocycles. The molecule has 5 heteroatoms. The Morgan fingerprint density at radius 1 is 1.30 bits per heavy atom. The molecule has 0 unspecified atom stereocenters. The topological polar surface area (TPSA) is 81.2 Å². The van der Waals surface area contributed by atoms with Crippen LogP contribution in [0.1, 0.15) is 39.0 Å². The number of non-ortho nitro benzene ring substituents is 1. The lowest BCUT2D eigenvalue weighted by Crippen LogP contribution is -2.21. The molecule has 20 heavy (non-hydrogen) atoms. The third-order valence-electron chi connectivity index (χ3n) is 4.37. The Hall–Kier alpha value is -1.78. The van der Waals surface area contributed by atoms with E-state index < -0.39 is 4.92 Å². The molecular formula is C15H23N3O2. The van der Waals surface area contributed by atoms with Gasteiger partial charge in [0.25, 0.3) is 5.69 Å². The van der Waals surface area contributed by atoms with Crippen molar-refractivity contribution in [3.63, 3.8) is 0 Å². The molecule has 3 N–H and O–H groups in total. The van der Waals surface area contributed by atoms with Gasteiger partial charge in [-0.25, -0.2) is 0 Å². The summed E-state index contributed by atoms with van der Waals surface area (Å²) in [5, 5.41) is 14.0. The Kier molecular flexibility index (Phi) is 4.82. The second-order valence-electron chi connectivity index (χ2n) is 5.70. The van der Waals surface area contributed by atoms with Crippen LogP contribution < -0.4 is 11.1 Å². The van der Waals surface area contributed by atoms with Crippen LogP contribution >= 0.6 is 0 Å². The van der Waals surface area contributed by atoms with Gasteiger partial charge in [0.05, 0.1) is 16.3 Å². The maximum Gasteiger partial charge on any atom is 0.271 e. The van der Waals surface area contributed by atoms with Crippen molar-refractivity contribution in [2.45, 2.75) is 39.0 Å². The van der Waals surface area contributed by atoms with Gasteiger partial charge in [-0.2, -0.15) is 0 Å². The van der Waals surface area contributed by atoms with Crippen LogP contribution in [0.2, 0.25) is 0 Å². The Balaban J connectivity index is 1.87. The third kappa shape index (κ3) is 3.62. The van der Waals surface area contributed by atoms with Gasteiger partial charge in [0.2, 0.25) is 0 Å². The Morgan fingerprint density at radius 2 is 1.95 bits per heavy atom. The fourth-order valence-electron chi connectivity index (χ4n) is 2.92. The van der Waals surface area contributed by atoms with Crippen LogP contribution in [-0.4, -0.2) is 11.5 Å². The predicted molar refractivity (Wildman–Crippen MR) is 81.7 cm³/mol. The number of nitro benzene ring substituents is 1. The highest BCUT2D eigenvalue weighted by molar-refractivity contribution is 5.69. The lowest BCUT2D eigenvalue weighted by atomic mass is 9.81. The summed E-state index contributed by atoms with van der Waals surface area (Å²) < 4.78 is 0. The third-order valence-corrected chi connectivity index (χ3v) is 4.37. The van der Waals surface area contributed by atoms with Crippen LogP contribution in [0.3, 0.4) is 0 Å². The summed E-state index contributed by atoms with van der Waals surface area (Å²) in [5.74, 6) is 1.59. The molecule has 0 atom stereocenters. The minimum Gasteiger partial charge on any atom is -0.397 e. The number of nitro groups is 1. The highest BCUT2D eigenvalue weighted by Gasteiger charge is 2.20. The van der Waals surface area contributed by atoms with Gasteiger partial charge < -0.3 is 11.1 Å². The first-order valence-electron chi connectivity index (χ1n) is 7.38. The molecule has 0 heterocycles. The molecule has 0 aliphatic heterocycles. The van der Waals surface area contributed by atoms with Crippen molar-refractivity contribution < 1.29 is 4.92 Å². The molecule has 1 saturated carbocycles. The Morgan fingerprint density at radius 3 is 2.50 bits per heavy atom. The van der Waals surface area contributed by atoms with Crippen LogP contribution in [0.25, 0.3) is 0 Å². The van der Waals surface area contributed by atoms with Crippen LogP contribution in [0.4, 0.5) is 17.1 Å². The monoisotopic (exact) mass is 277 g/mol. The van der Waals surface area contributed by atoms with Crippen molar-refractivity contribution in [3.8, 4) is 0 Å². The summed E-state index contributed by atoms with van der Waals surface area (Å²) >= 11 is 0. The smallest absolute Gasteiger partial charge is 0.271 e. The van der Waals surface area contributed by atoms with E-state index in [1.807, 2.05) is 0 Å². The van der Waals surface area contributed by atoms with E-state index in [0.717, 1.165) is 18.2 Å². The molecule has 1 aliphatic rings. The number of rotatable bonds is 5. The highest BCUT2D eigenvalue weighted by atomic mass is 16.6. The maximum atomic E-state index is 10.7. The standard InChI is InChI=1S/C15H23N3O2/c1-2-11-3-5-12(6-4-11)10-17-15-8-7-13(18(19)20)9-14(15)16/h7-9,11-12,17H,2-6,10,16H2,1H3. The molecule has 0 spiro atoms. The van der Waals surface area contributed by atoms with Crippen molar-refractivity contribution in [1.82, 2.24) is 0 Å². The highest BCUT2D eigenvalue weighted by Crippen LogP contribution is 2.31. The molecule has 2 rings (SSSR count). The van der Waals surface area contributed by atoms with E-state index in [0.29, 0.717) is 11.6 Å². The zero-order valence-corrected chi connectivity index (χ0v) is 12.0. The molecule has 0 saturated heterocycles. The molecule has 1 fully saturated rings. The average molecular weight is 277 g/mol. The van der Waals surface area contributed by atoms with E-state index in [1.54, 1.807) is 6.07 Å². The van der Waals surface area contributed by atoms with Crippen LogP contribution in [-0.2, 0) is 0 Å². The van der Waals surface area contributed by atoms with Crippen LogP contribution in [0.15, 0.2) is 18.2 Å². The van der Waals surface area contributed by atoms with Crippen LogP contribution in [0.5, 0.6) is 0 Å². The predicted octanol–water partition coefficient (Wildman–Crippen LogP) is 3.81. The summed E-state index contributed by atoms with van der Waals surface area (Å²) in [6.07, 6.45) is 6.45. The number of hydrogen-bond donors (Lipinski definition) is 2. The molecule has 110 valence electrons. The van der Waals surface area contributed by atoms with Gasteiger partial charge >= 0.3 is 0 Å². The van der Waals surface area contributed by atoms with E-state index in [1.165, 1.54) is 44.2 Å². The molecule has 0 radical (unpaired) electrons. The number of nitrogen functional groups attached to an aromatic ring is 1. The molecule has 5 nitrogen and oxygen atoms in total. The van der Waals surface area contributed by atoms with E-state index >= 15 is 0 Å². The number of nitrogens with one attached hydrogen (secondary N) is 1. The first-order chi connectivity index (χ1) is 9.60. The van der Waals surface area contributed by atoms with Crippen molar-refractivity contribution >= 4 is 17.1 Å². The molecule has 1 aliphatic carbocycles. The summed E-state index contributed by atoms with van der Waals surface area (Å²) in [5.41, 5.74) is 7.13. The summed E-state index contributed by atoms with van der Waals surface area (Å²) in [6, 6.07) is 4.61. The second kappa shape index (κ2) is 6.59. The van der Waals surface area contributed by atoms with Gasteiger partial charge in [0.15, 0.2) is 0 Å². The number of nitrogens with zero attached hydrogens (tertiary/aromatic N) is 1. The zero-order chi connectivity index (χ0) is 14.5. The van der Waals surface area contributed by atoms with Gasteiger partial charge in [-0.3, -0.25) is 10.1 Å². The van der Waals surface area contributed by atoms with E-state index in [2.05, 4.69) is 12.2 Å². The number of hydrogen-bond acceptors (Lipinski definition) is 4. The van der Waals surface area contributed by atoms with E-state index in [4.69, 9.17) is 5.73 Å². The summed E-state index contributed by atoms with van der Waals surface area (Å²) in [6.45, 7) is 3.17. The number of anilines is 2. The Labute approximate surface area is 119 Å². The molecule has 1 aromatic carbocycles. The van der Waals surface area contributed by atoms with E-state index in [9.17, 15) is 10.1 Å². The van der Waals surface area contributed by atoms with E-state index in [-0.39, 0.29) is 5.69 Å². The first kappa shape index (κ1) is 14.6. The van der Waals surface area contributed by atoms with Gasteiger partial charge in [-0.05, 0) is 30.7 Å².